The van der Waals surface area contributed by atoms with Crippen molar-refractivity contribution in [1.29, 1.82) is 0 Å². The fraction of sp³-hybridized carbons (Fsp3) is 1.00. The predicted octanol–water partition coefficient (Wildman–Crippen LogP) is 8.21. The quantitative estimate of drug-likeness (QED) is 0.462. The van der Waals surface area contributed by atoms with Crippen LogP contribution in [0, 0.1) is 23.7 Å². The maximum Gasteiger partial charge on any atom is -0.0414 e. The Morgan fingerprint density at radius 2 is 0.900 bits per heavy atom. The van der Waals surface area contributed by atoms with Crippen molar-refractivity contribution in [3.05, 3.63) is 0 Å². The summed E-state index contributed by atoms with van der Waals surface area (Å²) in [5.41, 5.74) is 0. The molecule has 0 rings (SSSR count). The van der Waals surface area contributed by atoms with Crippen LogP contribution in [-0.2, 0) is 0 Å². The molecular formula is C20H48. The average Bonchev–Trinajstić information content (AvgIpc) is 2.43. The topological polar surface area (TPSA) is 0 Å². The third-order valence-electron chi connectivity index (χ3n) is 3.29. The third kappa shape index (κ3) is 26.5. The molecule has 0 N–H and O–H groups in total. The molecule has 0 aliphatic carbocycles. The molecule has 0 aliphatic heterocycles. The van der Waals surface area contributed by atoms with Crippen LogP contribution in [0.15, 0.2) is 0 Å². The van der Waals surface area contributed by atoms with Gasteiger partial charge in [-0.15, -0.1) is 0 Å². The largest absolute Gasteiger partial charge is 0.0683 e. The molecule has 0 heteroatoms. The zero-order valence-electron chi connectivity index (χ0n) is 17.1. The maximum atomic E-state index is 2.42. The summed E-state index contributed by atoms with van der Waals surface area (Å²) >= 11 is 0. The van der Waals surface area contributed by atoms with E-state index in [1.54, 1.807) is 0 Å². The van der Waals surface area contributed by atoms with Crippen molar-refractivity contribution in [2.45, 2.75) is 109 Å². The normalized spacial score (nSPS) is 13.7. The van der Waals surface area contributed by atoms with Gasteiger partial charge in [-0.3, -0.25) is 0 Å². The van der Waals surface area contributed by atoms with Gasteiger partial charge in [-0.05, 0) is 36.5 Å². The fourth-order valence-electron chi connectivity index (χ4n) is 2.01. The van der Waals surface area contributed by atoms with Crippen molar-refractivity contribution in [3.8, 4) is 0 Å². The van der Waals surface area contributed by atoms with Gasteiger partial charge in [0.05, 0.1) is 0 Å². The van der Waals surface area contributed by atoms with Crippen LogP contribution in [0.4, 0.5) is 0 Å². The van der Waals surface area contributed by atoms with Crippen LogP contribution in [0.5, 0.6) is 0 Å². The first-order valence-electron chi connectivity index (χ1n) is 9.38. The molecular weight excluding hydrogens is 240 g/mol. The molecule has 0 nitrogen and oxygen atoms in total. The van der Waals surface area contributed by atoms with Crippen molar-refractivity contribution in [2.75, 3.05) is 0 Å². The molecule has 3 atom stereocenters. The molecule has 0 fully saturated rings. The lowest BCUT2D eigenvalue weighted by Crippen LogP contribution is -2.13. The SMILES string of the molecule is CC.CC.CCC.CCC(C)CC(C)C(C)CC(C)C. The predicted molar refractivity (Wildman–Crippen MR) is 101 cm³/mol. The van der Waals surface area contributed by atoms with Gasteiger partial charge in [-0.25, -0.2) is 0 Å². The molecule has 0 radical (unpaired) electrons. The Morgan fingerprint density at radius 1 is 0.600 bits per heavy atom. The van der Waals surface area contributed by atoms with Gasteiger partial charge in [0.2, 0.25) is 0 Å². The van der Waals surface area contributed by atoms with Crippen LogP contribution in [-0.4, -0.2) is 0 Å². The minimum Gasteiger partial charge on any atom is -0.0683 e. The molecule has 3 unspecified atom stereocenters. The van der Waals surface area contributed by atoms with E-state index in [0.717, 1.165) is 23.7 Å². The molecule has 0 aliphatic rings. The number of hydrogen-bond acceptors (Lipinski definition) is 0. The summed E-state index contributed by atoms with van der Waals surface area (Å²) in [7, 11) is 0. The van der Waals surface area contributed by atoms with Crippen molar-refractivity contribution < 1.29 is 0 Å². The molecule has 0 aromatic rings. The zero-order chi connectivity index (χ0) is 17.1. The summed E-state index contributed by atoms with van der Waals surface area (Å²) < 4.78 is 0. The minimum absolute atomic E-state index is 0.856. The monoisotopic (exact) mass is 288 g/mol. The average molecular weight is 289 g/mol. The van der Waals surface area contributed by atoms with Gasteiger partial charge in [0, 0.05) is 0 Å². The Hall–Kier alpha value is 0. The van der Waals surface area contributed by atoms with Crippen LogP contribution in [0.2, 0.25) is 0 Å². The van der Waals surface area contributed by atoms with Gasteiger partial charge >= 0.3 is 0 Å². The van der Waals surface area contributed by atoms with E-state index in [2.05, 4.69) is 55.4 Å². The highest BCUT2D eigenvalue weighted by Crippen LogP contribution is 2.26. The molecule has 0 amide bonds. The lowest BCUT2D eigenvalue weighted by Gasteiger charge is -2.24. The Kier molecular flexibility index (Phi) is 33.9. The first-order chi connectivity index (χ1) is 9.38. The van der Waals surface area contributed by atoms with E-state index in [-0.39, 0.29) is 0 Å². The highest BCUT2D eigenvalue weighted by atomic mass is 14.2. The van der Waals surface area contributed by atoms with Crippen molar-refractivity contribution in [3.63, 3.8) is 0 Å². The highest BCUT2D eigenvalue weighted by molar-refractivity contribution is 4.66. The van der Waals surface area contributed by atoms with E-state index in [4.69, 9.17) is 0 Å². The van der Waals surface area contributed by atoms with E-state index in [9.17, 15) is 0 Å². The molecule has 0 spiro atoms. The van der Waals surface area contributed by atoms with E-state index >= 15 is 0 Å². The van der Waals surface area contributed by atoms with Crippen molar-refractivity contribution >= 4 is 0 Å². The molecule has 0 aromatic carbocycles. The molecule has 0 aromatic heterocycles. The zero-order valence-corrected chi connectivity index (χ0v) is 17.1. The third-order valence-corrected chi connectivity index (χ3v) is 3.29. The lowest BCUT2D eigenvalue weighted by atomic mass is 9.82. The van der Waals surface area contributed by atoms with E-state index in [1.807, 2.05) is 27.7 Å². The Morgan fingerprint density at radius 3 is 1.15 bits per heavy atom. The van der Waals surface area contributed by atoms with Crippen LogP contribution in [0.3, 0.4) is 0 Å². The van der Waals surface area contributed by atoms with Gasteiger partial charge in [-0.1, -0.05) is 95.9 Å². The van der Waals surface area contributed by atoms with Gasteiger partial charge in [0.1, 0.15) is 0 Å². The summed E-state index contributed by atoms with van der Waals surface area (Å²) in [6, 6.07) is 0. The van der Waals surface area contributed by atoms with Crippen LogP contribution in [0.25, 0.3) is 0 Å². The standard InChI is InChI=1S/C13H28.C3H8.2C2H6/c1-7-11(4)9-13(6)12(5)8-10(2)3;1-3-2;2*1-2/h10-13H,7-9H2,1-6H3;3H2,1-2H3;2*1-2H3. The Bertz CT molecular complexity index is 126. The Balaban J connectivity index is -0.000000155. The van der Waals surface area contributed by atoms with Gasteiger partial charge in [0.15, 0.2) is 0 Å². The van der Waals surface area contributed by atoms with Gasteiger partial charge in [0.25, 0.3) is 0 Å². The summed E-state index contributed by atoms with van der Waals surface area (Å²) in [4.78, 5) is 0. The Labute approximate surface area is 133 Å². The maximum absolute atomic E-state index is 2.42. The molecule has 20 heavy (non-hydrogen) atoms. The fourth-order valence-corrected chi connectivity index (χ4v) is 2.01. The van der Waals surface area contributed by atoms with E-state index in [1.165, 1.54) is 25.7 Å². The number of hydrogen-bond donors (Lipinski definition) is 0. The summed E-state index contributed by atoms with van der Waals surface area (Å²) in [5, 5.41) is 0. The van der Waals surface area contributed by atoms with Crippen LogP contribution < -0.4 is 0 Å². The van der Waals surface area contributed by atoms with Crippen LogP contribution in [0.1, 0.15) is 109 Å². The highest BCUT2D eigenvalue weighted by Gasteiger charge is 2.15. The summed E-state index contributed by atoms with van der Waals surface area (Å²) in [6.45, 7) is 26.4. The first kappa shape index (κ1) is 28.2. The molecule has 0 bridgehead atoms. The second-order valence-electron chi connectivity index (χ2n) is 6.04. The van der Waals surface area contributed by atoms with E-state index < -0.39 is 0 Å². The molecule has 128 valence electrons. The summed E-state index contributed by atoms with van der Waals surface area (Å²) in [6.07, 6.45) is 5.38. The van der Waals surface area contributed by atoms with Gasteiger partial charge in [-0.2, -0.15) is 0 Å². The van der Waals surface area contributed by atoms with Gasteiger partial charge < -0.3 is 0 Å². The summed E-state index contributed by atoms with van der Waals surface area (Å²) in [5.74, 6) is 3.56. The van der Waals surface area contributed by atoms with Crippen molar-refractivity contribution in [1.82, 2.24) is 0 Å². The molecule has 0 saturated carbocycles. The first-order valence-corrected chi connectivity index (χ1v) is 9.38. The second kappa shape index (κ2) is 24.0. The van der Waals surface area contributed by atoms with Crippen LogP contribution >= 0.6 is 0 Å². The van der Waals surface area contributed by atoms with E-state index in [0.29, 0.717) is 0 Å². The smallest absolute Gasteiger partial charge is 0.0414 e. The van der Waals surface area contributed by atoms with Crippen molar-refractivity contribution in [2.24, 2.45) is 23.7 Å². The lowest BCUT2D eigenvalue weighted by molar-refractivity contribution is 0.273. The molecule has 0 saturated heterocycles. The molecule has 0 heterocycles. The minimum atomic E-state index is 0.856. The second-order valence-corrected chi connectivity index (χ2v) is 6.04. The number of rotatable bonds is 6.